The number of allylic oxidation sites excluding steroid dienone is 2. The first-order chi connectivity index (χ1) is 15.5. The topological polar surface area (TPSA) is 13.1 Å². The molecule has 35 heavy (non-hydrogen) atoms. The summed E-state index contributed by atoms with van der Waals surface area (Å²) in [6.07, 6.45) is 4.20. The van der Waals surface area contributed by atoms with E-state index in [1.807, 2.05) is 6.26 Å². The molecule has 0 N–H and O–H groups in total. The first kappa shape index (κ1) is 28.5. The molecule has 2 aromatic carbocycles. The van der Waals surface area contributed by atoms with Gasteiger partial charge in [-0.05, 0) is 18.2 Å². The van der Waals surface area contributed by atoms with E-state index < -0.39 is 8.07 Å². The molecule has 2 unspecified atom stereocenters. The predicted octanol–water partition coefficient (Wildman–Crippen LogP) is 2.61. The molecule has 0 fully saturated rings. The van der Waals surface area contributed by atoms with Crippen LogP contribution >= 0.6 is 0 Å². The second-order valence-electron chi connectivity index (χ2n) is 11.4. The SMILES string of the molecule is CC1=C2c3occc3C1[Si]2(C)C.CC1=Cc2c(-c3ccc(C(C)(C)C)cc3)cccc2[CH]1[Zr+2].[Cl-].[Cl-]. The van der Waals surface area contributed by atoms with Gasteiger partial charge in [-0.1, -0.05) is 18.7 Å². The van der Waals surface area contributed by atoms with Gasteiger partial charge in [0.2, 0.25) is 0 Å². The molecule has 2 aliphatic carbocycles. The molecule has 3 heterocycles. The van der Waals surface area contributed by atoms with E-state index in [4.69, 9.17) is 4.42 Å². The second-order valence-corrected chi connectivity index (χ2v) is 17.3. The van der Waals surface area contributed by atoms with Crippen molar-refractivity contribution in [3.63, 3.8) is 0 Å². The standard InChI is InChI=1S/C20H21.C10H12OSi.2ClH.Zr/c1-14-12-16-6-5-7-18(19(16)13-14)15-8-10-17(11-9-15)20(2,3)4;1-6-9-7-4-5-11-8(7)10(6)12(9,2)3;;;/h5-13H,1-4H3;4-5,9H,1-3H3;2*1H;/q;;;;+2/p-2. The minimum Gasteiger partial charge on any atom is -1.00 e. The summed E-state index contributed by atoms with van der Waals surface area (Å²) in [5.74, 6) is 1.22. The van der Waals surface area contributed by atoms with E-state index >= 15 is 0 Å². The average molecular weight is 600 g/mol. The van der Waals surface area contributed by atoms with Crippen molar-refractivity contribution in [2.75, 3.05) is 0 Å². The van der Waals surface area contributed by atoms with Crippen LogP contribution in [0.5, 0.6) is 0 Å². The van der Waals surface area contributed by atoms with E-state index in [-0.39, 0.29) is 30.2 Å². The van der Waals surface area contributed by atoms with E-state index in [1.165, 1.54) is 44.7 Å². The van der Waals surface area contributed by atoms with Crippen molar-refractivity contribution in [2.45, 2.75) is 62.3 Å². The normalized spacial score (nSPS) is 20.4. The molecule has 5 heteroatoms. The zero-order valence-corrected chi connectivity index (χ0v) is 26.6. The Bertz CT molecular complexity index is 1310. The molecule has 0 radical (unpaired) electrons. The van der Waals surface area contributed by atoms with Crippen molar-refractivity contribution >= 4 is 19.3 Å². The third-order valence-electron chi connectivity index (χ3n) is 7.77. The van der Waals surface area contributed by atoms with Crippen LogP contribution in [0.15, 0.2) is 70.4 Å². The van der Waals surface area contributed by atoms with Gasteiger partial charge in [0.15, 0.2) is 0 Å². The minimum absolute atomic E-state index is 0. The molecule has 0 spiro atoms. The molecule has 3 aromatic rings. The summed E-state index contributed by atoms with van der Waals surface area (Å²) < 4.78 is 6.15. The summed E-state index contributed by atoms with van der Waals surface area (Å²) in [5.41, 5.74) is 12.6. The quantitative estimate of drug-likeness (QED) is 0.392. The van der Waals surface area contributed by atoms with Crippen LogP contribution in [-0.4, -0.2) is 8.07 Å². The molecule has 1 aromatic heterocycles. The van der Waals surface area contributed by atoms with Gasteiger partial charge in [0, 0.05) is 11.1 Å². The molecule has 0 saturated carbocycles. The summed E-state index contributed by atoms with van der Waals surface area (Å²) in [4.78, 5) is 0. The molecule has 0 amide bonds. The molecule has 7 rings (SSSR count). The maximum atomic E-state index is 5.51. The third-order valence-corrected chi connectivity index (χ3v) is 13.7. The minimum atomic E-state index is -1.08. The molecule has 2 bridgehead atoms. The Balaban J connectivity index is 0.000000208. The van der Waals surface area contributed by atoms with Gasteiger partial charge in [0.25, 0.3) is 0 Å². The number of furan rings is 1. The van der Waals surface area contributed by atoms with E-state index in [0.29, 0.717) is 3.63 Å². The molecule has 1 nitrogen and oxygen atoms in total. The van der Waals surface area contributed by atoms with Gasteiger partial charge < -0.3 is 29.2 Å². The molecule has 2 aliphatic heterocycles. The van der Waals surface area contributed by atoms with Crippen LogP contribution in [0, 0.1) is 0 Å². The number of rotatable bonds is 1. The van der Waals surface area contributed by atoms with Gasteiger partial charge >= 0.3 is 143 Å². The van der Waals surface area contributed by atoms with Gasteiger partial charge in [0.05, 0.1) is 14.3 Å². The third kappa shape index (κ3) is 4.56. The Morgan fingerprint density at radius 2 is 1.54 bits per heavy atom. The molecule has 181 valence electrons. The molecule has 2 atom stereocenters. The Morgan fingerprint density at radius 3 is 2.11 bits per heavy atom. The van der Waals surface area contributed by atoms with Crippen LogP contribution in [0.4, 0.5) is 0 Å². The van der Waals surface area contributed by atoms with E-state index in [0.717, 1.165) is 5.54 Å². The van der Waals surface area contributed by atoms with Crippen molar-refractivity contribution in [2.24, 2.45) is 0 Å². The van der Waals surface area contributed by atoms with E-state index in [2.05, 4.69) is 102 Å². The van der Waals surface area contributed by atoms with Gasteiger partial charge in [-0.15, -0.1) is 0 Å². The molecular formula is C30H33Cl2OSiZr. The van der Waals surface area contributed by atoms with Crippen molar-refractivity contribution < 1.29 is 54.0 Å². The van der Waals surface area contributed by atoms with Crippen molar-refractivity contribution in [1.82, 2.24) is 0 Å². The summed E-state index contributed by atoms with van der Waals surface area (Å²) in [5, 5.41) is 1.59. The second kappa shape index (κ2) is 9.97. The number of hydrogen-bond donors (Lipinski definition) is 0. The summed E-state index contributed by atoms with van der Waals surface area (Å²) >= 11 is 1.58. The summed E-state index contributed by atoms with van der Waals surface area (Å²) in [7, 11) is -1.08. The van der Waals surface area contributed by atoms with Crippen molar-refractivity contribution in [1.29, 1.82) is 0 Å². The number of fused-ring (bicyclic) bond motifs is 1. The Labute approximate surface area is 239 Å². The van der Waals surface area contributed by atoms with Gasteiger partial charge in [-0.25, -0.2) is 0 Å². The van der Waals surface area contributed by atoms with Crippen molar-refractivity contribution in [3.05, 3.63) is 94.0 Å². The monoisotopic (exact) mass is 597 g/mol. The van der Waals surface area contributed by atoms with Crippen LogP contribution in [0.2, 0.25) is 13.1 Å². The maximum Gasteiger partial charge on any atom is -1.00 e. The summed E-state index contributed by atoms with van der Waals surface area (Å²) in [6.45, 7) is 16.2. The zero-order chi connectivity index (χ0) is 23.7. The Kier molecular flexibility index (Phi) is 8.11. The number of benzene rings is 2. The van der Waals surface area contributed by atoms with Crippen LogP contribution < -0.4 is 24.8 Å². The van der Waals surface area contributed by atoms with Crippen molar-refractivity contribution in [3.8, 4) is 11.1 Å². The Hall–Kier alpha value is -1.12. The zero-order valence-electron chi connectivity index (χ0n) is 21.6. The van der Waals surface area contributed by atoms with Gasteiger partial charge in [0.1, 0.15) is 5.76 Å². The summed E-state index contributed by atoms with van der Waals surface area (Å²) in [6, 6.07) is 18.0. The molecule has 4 aliphatic rings. The fourth-order valence-electron chi connectivity index (χ4n) is 6.06. The molecular weight excluding hydrogens is 567 g/mol. The Morgan fingerprint density at radius 1 is 0.886 bits per heavy atom. The van der Waals surface area contributed by atoms with E-state index in [9.17, 15) is 0 Å². The molecule has 0 saturated heterocycles. The largest absolute Gasteiger partial charge is 1.00 e. The van der Waals surface area contributed by atoms with Crippen LogP contribution in [0.1, 0.15) is 71.8 Å². The van der Waals surface area contributed by atoms with Gasteiger partial charge in [-0.2, -0.15) is 0 Å². The number of hydrogen-bond acceptors (Lipinski definition) is 1. The fraction of sp³-hybridized carbons (Fsp3) is 0.333. The average Bonchev–Trinajstić information content (AvgIpc) is 3.45. The maximum absolute atomic E-state index is 5.51. The first-order valence-corrected chi connectivity index (χ1v) is 16.4. The first-order valence-electron chi connectivity index (χ1n) is 11.9. The van der Waals surface area contributed by atoms with Crippen LogP contribution in [-0.2, 0) is 30.1 Å². The van der Waals surface area contributed by atoms with E-state index in [1.54, 1.807) is 35.5 Å². The number of halogens is 2. The van der Waals surface area contributed by atoms with Crippen LogP contribution in [0.3, 0.4) is 0 Å². The van der Waals surface area contributed by atoms with Crippen LogP contribution in [0.25, 0.3) is 22.4 Å². The smallest absolute Gasteiger partial charge is 1.00 e. The predicted molar refractivity (Wildman–Crippen MR) is 138 cm³/mol. The fourth-order valence-corrected chi connectivity index (χ4v) is 11.1. The van der Waals surface area contributed by atoms with Gasteiger partial charge in [-0.3, -0.25) is 0 Å².